The SMILES string of the molecule is CC(NC(=O)CC(C)C1CCCNC1)c1ccc(S(N)(=O)=O)cc1.Cl. The third-order valence-corrected chi connectivity index (χ3v) is 5.66. The molecule has 1 amide bonds. The maximum atomic E-state index is 12.3. The number of halogens is 1. The van der Waals surface area contributed by atoms with Gasteiger partial charge in [0.25, 0.3) is 0 Å². The van der Waals surface area contributed by atoms with Crippen LogP contribution in [0, 0.1) is 11.8 Å². The van der Waals surface area contributed by atoms with Crippen LogP contribution in [0.1, 0.15) is 44.7 Å². The maximum Gasteiger partial charge on any atom is 0.238 e. The summed E-state index contributed by atoms with van der Waals surface area (Å²) < 4.78 is 22.5. The Hall–Kier alpha value is -1.15. The molecule has 1 aliphatic rings. The lowest BCUT2D eigenvalue weighted by Gasteiger charge is -2.28. The lowest BCUT2D eigenvalue weighted by Crippen LogP contribution is -2.36. The van der Waals surface area contributed by atoms with E-state index in [9.17, 15) is 13.2 Å². The van der Waals surface area contributed by atoms with Gasteiger partial charge in [-0.25, -0.2) is 13.6 Å². The average molecular weight is 390 g/mol. The summed E-state index contributed by atoms with van der Waals surface area (Å²) in [6.07, 6.45) is 2.85. The quantitative estimate of drug-likeness (QED) is 0.692. The van der Waals surface area contributed by atoms with Gasteiger partial charge < -0.3 is 10.6 Å². The number of amides is 1. The number of rotatable bonds is 6. The molecule has 6 nitrogen and oxygen atoms in total. The van der Waals surface area contributed by atoms with Crippen molar-refractivity contribution in [1.82, 2.24) is 10.6 Å². The van der Waals surface area contributed by atoms with E-state index in [1.54, 1.807) is 12.1 Å². The molecule has 0 radical (unpaired) electrons. The second-order valence-corrected chi connectivity index (χ2v) is 8.25. The molecule has 1 saturated heterocycles. The van der Waals surface area contributed by atoms with Gasteiger partial charge in [-0.15, -0.1) is 12.4 Å². The zero-order valence-corrected chi connectivity index (χ0v) is 16.3. The minimum atomic E-state index is -3.69. The van der Waals surface area contributed by atoms with Crippen LogP contribution in [0.25, 0.3) is 0 Å². The van der Waals surface area contributed by atoms with Crippen LogP contribution in [0.15, 0.2) is 29.2 Å². The number of sulfonamides is 1. The van der Waals surface area contributed by atoms with Crippen LogP contribution in [0.3, 0.4) is 0 Å². The molecule has 1 aliphatic heterocycles. The fraction of sp³-hybridized carbons (Fsp3) is 0.588. The van der Waals surface area contributed by atoms with Gasteiger partial charge in [0.2, 0.25) is 15.9 Å². The number of piperidine rings is 1. The van der Waals surface area contributed by atoms with E-state index in [0.29, 0.717) is 18.3 Å². The Balaban J connectivity index is 0.00000312. The van der Waals surface area contributed by atoms with Gasteiger partial charge >= 0.3 is 0 Å². The van der Waals surface area contributed by atoms with Crippen LogP contribution >= 0.6 is 12.4 Å². The highest BCUT2D eigenvalue weighted by molar-refractivity contribution is 7.89. The first kappa shape index (κ1) is 21.9. The van der Waals surface area contributed by atoms with Gasteiger partial charge in [0.15, 0.2) is 0 Å². The van der Waals surface area contributed by atoms with Crippen LogP contribution in [-0.2, 0) is 14.8 Å². The molecule has 1 fully saturated rings. The van der Waals surface area contributed by atoms with E-state index in [2.05, 4.69) is 17.6 Å². The van der Waals surface area contributed by atoms with Crippen molar-refractivity contribution < 1.29 is 13.2 Å². The van der Waals surface area contributed by atoms with Crippen molar-refractivity contribution in [2.45, 2.75) is 44.0 Å². The number of hydrogen-bond donors (Lipinski definition) is 3. The molecule has 0 spiro atoms. The molecule has 4 N–H and O–H groups in total. The highest BCUT2D eigenvalue weighted by Gasteiger charge is 2.22. The molecule has 0 bridgehead atoms. The summed E-state index contributed by atoms with van der Waals surface area (Å²) in [5.74, 6) is 0.916. The molecule has 2 rings (SSSR count). The molecule has 0 aliphatic carbocycles. The van der Waals surface area contributed by atoms with Crippen molar-refractivity contribution in [2.75, 3.05) is 13.1 Å². The third-order valence-electron chi connectivity index (χ3n) is 4.73. The average Bonchev–Trinajstić information content (AvgIpc) is 2.54. The Bertz CT molecular complexity index is 658. The minimum absolute atomic E-state index is 0. The van der Waals surface area contributed by atoms with E-state index in [1.165, 1.54) is 25.0 Å². The summed E-state index contributed by atoms with van der Waals surface area (Å²) in [5.41, 5.74) is 0.850. The van der Waals surface area contributed by atoms with Crippen molar-refractivity contribution in [3.8, 4) is 0 Å². The highest BCUT2D eigenvalue weighted by Crippen LogP contribution is 2.23. The van der Waals surface area contributed by atoms with Gasteiger partial charge in [0, 0.05) is 6.42 Å². The standard InChI is InChI=1S/C17H27N3O3S.ClH/c1-12(15-4-3-9-19-11-15)10-17(21)20-13(2)14-5-7-16(8-6-14)24(18,22)23;/h5-8,12-13,15,19H,3-4,9-11H2,1-2H3,(H,20,21)(H2,18,22,23);1H. The lowest BCUT2D eigenvalue weighted by atomic mass is 9.85. The van der Waals surface area contributed by atoms with Gasteiger partial charge in [-0.3, -0.25) is 4.79 Å². The van der Waals surface area contributed by atoms with E-state index < -0.39 is 10.0 Å². The van der Waals surface area contributed by atoms with E-state index >= 15 is 0 Å². The zero-order valence-electron chi connectivity index (χ0n) is 14.7. The summed E-state index contributed by atoms with van der Waals surface area (Å²) in [6.45, 7) is 6.07. The number of nitrogens with two attached hydrogens (primary N) is 1. The summed E-state index contributed by atoms with van der Waals surface area (Å²) in [7, 11) is -3.69. The zero-order chi connectivity index (χ0) is 17.7. The molecule has 25 heavy (non-hydrogen) atoms. The first-order valence-electron chi connectivity index (χ1n) is 8.40. The predicted octanol–water partition coefficient (Wildman–Crippen LogP) is 1.96. The first-order valence-corrected chi connectivity index (χ1v) is 9.95. The predicted molar refractivity (Wildman–Crippen MR) is 101 cm³/mol. The van der Waals surface area contributed by atoms with Crippen molar-refractivity contribution in [2.24, 2.45) is 17.0 Å². The monoisotopic (exact) mass is 389 g/mol. The van der Waals surface area contributed by atoms with Crippen molar-refractivity contribution >= 4 is 28.3 Å². The van der Waals surface area contributed by atoms with Gasteiger partial charge in [-0.2, -0.15) is 0 Å². The van der Waals surface area contributed by atoms with E-state index in [4.69, 9.17) is 5.14 Å². The van der Waals surface area contributed by atoms with Gasteiger partial charge in [0.05, 0.1) is 10.9 Å². The second kappa shape index (κ2) is 9.52. The van der Waals surface area contributed by atoms with Gasteiger partial charge in [0.1, 0.15) is 0 Å². The second-order valence-electron chi connectivity index (χ2n) is 6.69. The lowest BCUT2D eigenvalue weighted by molar-refractivity contribution is -0.123. The number of hydrogen-bond acceptors (Lipinski definition) is 4. The van der Waals surface area contributed by atoms with E-state index in [1.807, 2.05) is 6.92 Å². The molecule has 3 unspecified atom stereocenters. The molecule has 1 aromatic carbocycles. The van der Waals surface area contributed by atoms with Crippen LogP contribution < -0.4 is 15.8 Å². The number of benzene rings is 1. The van der Waals surface area contributed by atoms with Crippen LogP contribution in [0.5, 0.6) is 0 Å². The summed E-state index contributed by atoms with van der Waals surface area (Å²) in [6, 6.07) is 6.11. The highest BCUT2D eigenvalue weighted by atomic mass is 35.5. The molecule has 0 saturated carbocycles. The fourth-order valence-corrected chi connectivity index (χ4v) is 3.67. The summed E-state index contributed by atoms with van der Waals surface area (Å²) in [4.78, 5) is 12.3. The summed E-state index contributed by atoms with van der Waals surface area (Å²) >= 11 is 0. The minimum Gasteiger partial charge on any atom is -0.350 e. The Morgan fingerprint density at radius 2 is 1.96 bits per heavy atom. The molecule has 0 aromatic heterocycles. The van der Waals surface area contributed by atoms with Gasteiger partial charge in [-0.1, -0.05) is 19.1 Å². The normalized spacial score (nSPS) is 20.2. The Labute approximate surface area is 156 Å². The molecule has 1 aromatic rings. The number of primary sulfonamides is 1. The number of nitrogens with one attached hydrogen (secondary N) is 2. The smallest absolute Gasteiger partial charge is 0.238 e. The van der Waals surface area contributed by atoms with Crippen LogP contribution in [-0.4, -0.2) is 27.4 Å². The van der Waals surface area contributed by atoms with Gasteiger partial charge in [-0.05, 0) is 62.4 Å². The van der Waals surface area contributed by atoms with Crippen molar-refractivity contribution in [1.29, 1.82) is 0 Å². The molecule has 3 atom stereocenters. The Morgan fingerprint density at radius 1 is 1.32 bits per heavy atom. The Kier molecular flexibility index (Phi) is 8.34. The Morgan fingerprint density at radius 3 is 2.48 bits per heavy atom. The van der Waals surface area contributed by atoms with Crippen molar-refractivity contribution in [3.63, 3.8) is 0 Å². The topological polar surface area (TPSA) is 101 Å². The maximum absolute atomic E-state index is 12.3. The fourth-order valence-electron chi connectivity index (χ4n) is 3.15. The first-order chi connectivity index (χ1) is 11.3. The molecular formula is C17H28ClN3O3S. The molecule has 1 heterocycles. The number of carbonyl (C=O) groups is 1. The molecular weight excluding hydrogens is 362 g/mol. The molecule has 142 valence electrons. The van der Waals surface area contributed by atoms with E-state index in [-0.39, 0.29) is 29.3 Å². The van der Waals surface area contributed by atoms with Crippen LogP contribution in [0.4, 0.5) is 0 Å². The van der Waals surface area contributed by atoms with E-state index in [0.717, 1.165) is 18.7 Å². The molecule has 8 heteroatoms. The third kappa shape index (κ3) is 6.58. The largest absolute Gasteiger partial charge is 0.350 e. The summed E-state index contributed by atoms with van der Waals surface area (Å²) in [5, 5.41) is 11.5. The number of carbonyl (C=O) groups excluding carboxylic acids is 1. The van der Waals surface area contributed by atoms with Crippen molar-refractivity contribution in [3.05, 3.63) is 29.8 Å². The van der Waals surface area contributed by atoms with Crippen LogP contribution in [0.2, 0.25) is 0 Å².